The highest BCUT2D eigenvalue weighted by molar-refractivity contribution is 6.14. The smallest absolute Gasteiger partial charge is 0.193 e. The Labute approximate surface area is 141 Å². The molecule has 0 fully saturated rings. The molecule has 3 rings (SSSR count). The summed E-state index contributed by atoms with van der Waals surface area (Å²) in [5.41, 5.74) is 4.25. The molecule has 118 valence electrons. The minimum absolute atomic E-state index is 0.0625. The molecule has 2 heteroatoms. The van der Waals surface area contributed by atoms with E-state index in [4.69, 9.17) is 0 Å². The first kappa shape index (κ1) is 15.9. The molecule has 0 saturated heterocycles. The molecule has 0 bridgehead atoms. The van der Waals surface area contributed by atoms with Crippen molar-refractivity contribution in [2.75, 3.05) is 0 Å². The fourth-order valence-corrected chi connectivity index (χ4v) is 2.77. The maximum absolute atomic E-state index is 12.7. The molecule has 0 saturated carbocycles. The van der Waals surface area contributed by atoms with Crippen LogP contribution in [0, 0.1) is 13.8 Å². The first-order chi connectivity index (χ1) is 11.6. The second-order valence-electron chi connectivity index (χ2n) is 5.87. The zero-order chi connectivity index (χ0) is 17.1. The summed E-state index contributed by atoms with van der Waals surface area (Å²) in [6.45, 7) is 3.82. The average molecular weight is 314 g/mol. The van der Waals surface area contributed by atoms with Crippen molar-refractivity contribution in [1.29, 1.82) is 0 Å². The number of ketones is 2. The second-order valence-corrected chi connectivity index (χ2v) is 5.87. The maximum Gasteiger partial charge on any atom is 0.193 e. The molecule has 0 aliphatic carbocycles. The van der Waals surface area contributed by atoms with Gasteiger partial charge in [0.05, 0.1) is 0 Å². The summed E-state index contributed by atoms with van der Waals surface area (Å²) in [5.74, 6) is -0.125. The Morgan fingerprint density at radius 2 is 1.00 bits per heavy atom. The lowest BCUT2D eigenvalue weighted by Gasteiger charge is -2.08. The number of rotatable bonds is 4. The lowest BCUT2D eigenvalue weighted by atomic mass is 9.94. The van der Waals surface area contributed by atoms with E-state index in [1.54, 1.807) is 24.3 Å². The van der Waals surface area contributed by atoms with Gasteiger partial charge in [0, 0.05) is 22.3 Å². The van der Waals surface area contributed by atoms with E-state index in [0.29, 0.717) is 22.3 Å². The van der Waals surface area contributed by atoms with Crippen LogP contribution < -0.4 is 0 Å². The Kier molecular flexibility index (Phi) is 4.39. The zero-order valence-corrected chi connectivity index (χ0v) is 13.7. The van der Waals surface area contributed by atoms with Gasteiger partial charge in [0.2, 0.25) is 0 Å². The zero-order valence-electron chi connectivity index (χ0n) is 13.7. The van der Waals surface area contributed by atoms with Crippen LogP contribution in [0.1, 0.15) is 43.0 Å². The van der Waals surface area contributed by atoms with Crippen LogP contribution in [0.3, 0.4) is 0 Å². The van der Waals surface area contributed by atoms with Crippen LogP contribution in [0.15, 0.2) is 72.8 Å². The first-order valence-electron chi connectivity index (χ1n) is 7.88. The highest BCUT2D eigenvalue weighted by Crippen LogP contribution is 2.18. The molecular weight excluding hydrogens is 296 g/mol. The van der Waals surface area contributed by atoms with Crippen molar-refractivity contribution < 1.29 is 9.59 Å². The SMILES string of the molecule is Cc1ccccc1C(=O)c1cccc(C(=O)c2ccccc2C)c1. The number of aryl methyl sites for hydroxylation is 2. The molecular formula is C22H18O2. The van der Waals surface area contributed by atoms with E-state index in [9.17, 15) is 9.59 Å². The lowest BCUT2D eigenvalue weighted by molar-refractivity contribution is 0.103. The molecule has 0 unspecified atom stereocenters. The van der Waals surface area contributed by atoms with Gasteiger partial charge in [-0.2, -0.15) is 0 Å². The summed E-state index contributed by atoms with van der Waals surface area (Å²) in [6, 6.07) is 21.9. The highest BCUT2D eigenvalue weighted by atomic mass is 16.1. The van der Waals surface area contributed by atoms with Crippen molar-refractivity contribution >= 4 is 11.6 Å². The Balaban J connectivity index is 1.98. The molecule has 0 atom stereocenters. The van der Waals surface area contributed by atoms with E-state index in [1.165, 1.54) is 0 Å². The van der Waals surface area contributed by atoms with Crippen LogP contribution in [-0.4, -0.2) is 11.6 Å². The van der Waals surface area contributed by atoms with E-state index < -0.39 is 0 Å². The van der Waals surface area contributed by atoms with E-state index in [1.807, 2.05) is 62.4 Å². The molecule has 3 aromatic carbocycles. The van der Waals surface area contributed by atoms with E-state index >= 15 is 0 Å². The number of carbonyl (C=O) groups is 2. The van der Waals surface area contributed by atoms with Gasteiger partial charge in [-0.1, -0.05) is 66.7 Å². The van der Waals surface area contributed by atoms with Crippen molar-refractivity contribution in [2.24, 2.45) is 0 Å². The fraction of sp³-hybridized carbons (Fsp3) is 0.0909. The number of hydrogen-bond donors (Lipinski definition) is 0. The van der Waals surface area contributed by atoms with Crippen LogP contribution in [0.5, 0.6) is 0 Å². The Hall–Kier alpha value is -3.00. The van der Waals surface area contributed by atoms with Crippen LogP contribution in [-0.2, 0) is 0 Å². The van der Waals surface area contributed by atoms with E-state index in [-0.39, 0.29) is 11.6 Å². The van der Waals surface area contributed by atoms with Gasteiger partial charge in [-0.3, -0.25) is 9.59 Å². The summed E-state index contributed by atoms with van der Waals surface area (Å²) in [6.07, 6.45) is 0. The van der Waals surface area contributed by atoms with Crippen molar-refractivity contribution in [1.82, 2.24) is 0 Å². The maximum atomic E-state index is 12.7. The van der Waals surface area contributed by atoms with Crippen LogP contribution in [0.25, 0.3) is 0 Å². The third-order valence-corrected chi connectivity index (χ3v) is 4.17. The normalized spacial score (nSPS) is 10.4. The number of hydrogen-bond acceptors (Lipinski definition) is 2. The van der Waals surface area contributed by atoms with Crippen molar-refractivity contribution in [2.45, 2.75) is 13.8 Å². The fourth-order valence-electron chi connectivity index (χ4n) is 2.77. The molecule has 0 amide bonds. The van der Waals surface area contributed by atoms with Gasteiger partial charge in [0.25, 0.3) is 0 Å². The van der Waals surface area contributed by atoms with Gasteiger partial charge >= 0.3 is 0 Å². The quantitative estimate of drug-likeness (QED) is 0.650. The van der Waals surface area contributed by atoms with Gasteiger partial charge in [-0.25, -0.2) is 0 Å². The van der Waals surface area contributed by atoms with Crippen molar-refractivity contribution in [3.63, 3.8) is 0 Å². The summed E-state index contributed by atoms with van der Waals surface area (Å²) in [4.78, 5) is 25.5. The Morgan fingerprint density at radius 3 is 1.42 bits per heavy atom. The molecule has 0 aliphatic rings. The summed E-state index contributed by atoms with van der Waals surface area (Å²) >= 11 is 0. The monoisotopic (exact) mass is 314 g/mol. The Bertz CT molecular complexity index is 850. The highest BCUT2D eigenvalue weighted by Gasteiger charge is 2.15. The van der Waals surface area contributed by atoms with Gasteiger partial charge in [0.15, 0.2) is 11.6 Å². The average Bonchev–Trinajstić information content (AvgIpc) is 2.61. The predicted octanol–water partition coefficient (Wildman–Crippen LogP) is 4.77. The molecule has 2 nitrogen and oxygen atoms in total. The van der Waals surface area contributed by atoms with Gasteiger partial charge in [-0.05, 0) is 31.0 Å². The summed E-state index contributed by atoms with van der Waals surface area (Å²) in [5, 5.41) is 0. The topological polar surface area (TPSA) is 34.1 Å². The molecule has 0 heterocycles. The minimum Gasteiger partial charge on any atom is -0.289 e. The molecule has 24 heavy (non-hydrogen) atoms. The molecule has 0 radical (unpaired) electrons. The predicted molar refractivity (Wildman–Crippen MR) is 95.7 cm³/mol. The first-order valence-corrected chi connectivity index (χ1v) is 7.88. The third-order valence-electron chi connectivity index (χ3n) is 4.17. The van der Waals surface area contributed by atoms with Crippen LogP contribution >= 0.6 is 0 Å². The van der Waals surface area contributed by atoms with Gasteiger partial charge < -0.3 is 0 Å². The minimum atomic E-state index is -0.0625. The van der Waals surface area contributed by atoms with Gasteiger partial charge in [-0.15, -0.1) is 0 Å². The van der Waals surface area contributed by atoms with Gasteiger partial charge in [0.1, 0.15) is 0 Å². The molecule has 0 aliphatic heterocycles. The van der Waals surface area contributed by atoms with E-state index in [0.717, 1.165) is 11.1 Å². The van der Waals surface area contributed by atoms with E-state index in [2.05, 4.69) is 0 Å². The molecule has 0 N–H and O–H groups in total. The van der Waals surface area contributed by atoms with Crippen LogP contribution in [0.4, 0.5) is 0 Å². The summed E-state index contributed by atoms with van der Waals surface area (Å²) in [7, 11) is 0. The molecule has 0 aromatic heterocycles. The standard InChI is InChI=1S/C22H18O2/c1-15-8-3-5-12-19(15)21(23)17-10-7-11-18(14-17)22(24)20-13-6-4-9-16(20)2/h3-14H,1-2H3. The molecule has 0 spiro atoms. The lowest BCUT2D eigenvalue weighted by Crippen LogP contribution is -2.07. The number of benzene rings is 3. The number of carbonyl (C=O) groups excluding carboxylic acids is 2. The van der Waals surface area contributed by atoms with Crippen LogP contribution in [0.2, 0.25) is 0 Å². The largest absolute Gasteiger partial charge is 0.289 e. The second kappa shape index (κ2) is 6.63. The van der Waals surface area contributed by atoms with Crippen molar-refractivity contribution in [3.8, 4) is 0 Å². The Morgan fingerprint density at radius 1 is 0.583 bits per heavy atom. The van der Waals surface area contributed by atoms with Crippen molar-refractivity contribution in [3.05, 3.63) is 106 Å². The summed E-state index contributed by atoms with van der Waals surface area (Å²) < 4.78 is 0. The molecule has 3 aromatic rings. The third kappa shape index (κ3) is 3.04.